The van der Waals surface area contributed by atoms with Gasteiger partial charge in [-0.05, 0) is 61.1 Å². The average Bonchev–Trinajstić information content (AvgIpc) is 2.52. The minimum atomic E-state index is 0.453. The van der Waals surface area contributed by atoms with Crippen LogP contribution in [0, 0.1) is 0 Å². The molecule has 3 nitrogen and oxygen atoms in total. The lowest BCUT2D eigenvalue weighted by molar-refractivity contribution is 0.309. The molecule has 0 fully saturated rings. The third kappa shape index (κ3) is 5.90. The van der Waals surface area contributed by atoms with Gasteiger partial charge in [0, 0.05) is 10.7 Å². The van der Waals surface area contributed by atoms with Crippen molar-refractivity contribution in [2.24, 2.45) is 0 Å². The number of anilines is 2. The second-order valence-corrected chi connectivity index (χ2v) is 6.18. The smallest absolute Gasteiger partial charge is 0.175 e. The molecule has 0 atom stereocenters. The molecule has 23 heavy (non-hydrogen) atoms. The molecule has 122 valence electrons. The van der Waals surface area contributed by atoms with Gasteiger partial charge in [-0.3, -0.25) is 0 Å². The number of nitrogens with one attached hydrogen (secondary N) is 2. The first-order valence-electron chi connectivity index (χ1n) is 7.34. The largest absolute Gasteiger partial charge is 0.494 e. The van der Waals surface area contributed by atoms with Gasteiger partial charge in [0.15, 0.2) is 5.11 Å². The SMILES string of the molecule is CCCCOc1ccc(NC(=S)Nc2ccc(Cl)cc2Cl)cc1. The summed E-state index contributed by atoms with van der Waals surface area (Å²) in [7, 11) is 0. The summed E-state index contributed by atoms with van der Waals surface area (Å²) in [4.78, 5) is 0. The highest BCUT2D eigenvalue weighted by molar-refractivity contribution is 7.80. The number of benzene rings is 2. The van der Waals surface area contributed by atoms with Gasteiger partial charge in [0.25, 0.3) is 0 Å². The molecular weight excluding hydrogens is 351 g/mol. The van der Waals surface area contributed by atoms with Gasteiger partial charge in [0.05, 0.1) is 17.3 Å². The van der Waals surface area contributed by atoms with Gasteiger partial charge >= 0.3 is 0 Å². The molecule has 0 unspecified atom stereocenters. The van der Waals surface area contributed by atoms with Crippen LogP contribution in [-0.4, -0.2) is 11.7 Å². The molecule has 0 saturated heterocycles. The summed E-state index contributed by atoms with van der Waals surface area (Å²) in [5.74, 6) is 0.851. The molecule has 6 heteroatoms. The quantitative estimate of drug-likeness (QED) is 0.485. The maximum absolute atomic E-state index is 6.11. The lowest BCUT2D eigenvalue weighted by atomic mass is 10.3. The van der Waals surface area contributed by atoms with Crippen molar-refractivity contribution in [3.8, 4) is 5.75 Å². The molecule has 0 saturated carbocycles. The van der Waals surface area contributed by atoms with E-state index >= 15 is 0 Å². The Balaban J connectivity index is 1.89. The van der Waals surface area contributed by atoms with Crippen LogP contribution in [0.25, 0.3) is 0 Å². The topological polar surface area (TPSA) is 33.3 Å². The Morgan fingerprint density at radius 3 is 2.48 bits per heavy atom. The first kappa shape index (κ1) is 17.9. The van der Waals surface area contributed by atoms with Gasteiger partial charge in [0.1, 0.15) is 5.75 Å². The van der Waals surface area contributed by atoms with Crippen LogP contribution in [0.5, 0.6) is 5.75 Å². The summed E-state index contributed by atoms with van der Waals surface area (Å²) in [5.41, 5.74) is 1.57. The Bertz CT molecular complexity index is 662. The van der Waals surface area contributed by atoms with Crippen LogP contribution in [0.2, 0.25) is 10.0 Å². The number of hydrogen-bond acceptors (Lipinski definition) is 2. The standard InChI is InChI=1S/C17H18Cl2N2OS/c1-2-3-10-22-14-7-5-13(6-8-14)20-17(23)21-16-9-4-12(18)11-15(16)19/h4-9,11H,2-3,10H2,1H3,(H2,20,21,23). The van der Waals surface area contributed by atoms with Crippen LogP contribution in [0.1, 0.15) is 19.8 Å². The fraction of sp³-hybridized carbons (Fsp3) is 0.235. The number of hydrogen-bond donors (Lipinski definition) is 2. The molecule has 2 aromatic rings. The van der Waals surface area contributed by atoms with Gasteiger partial charge in [-0.2, -0.15) is 0 Å². The van der Waals surface area contributed by atoms with E-state index in [1.54, 1.807) is 18.2 Å². The lowest BCUT2D eigenvalue weighted by Gasteiger charge is -2.12. The summed E-state index contributed by atoms with van der Waals surface area (Å²) in [6, 6.07) is 12.9. The van der Waals surface area contributed by atoms with Crippen LogP contribution >= 0.6 is 35.4 Å². The van der Waals surface area contributed by atoms with Crippen LogP contribution in [0.4, 0.5) is 11.4 Å². The maximum atomic E-state index is 6.11. The van der Waals surface area contributed by atoms with Crippen LogP contribution < -0.4 is 15.4 Å². The fourth-order valence-electron chi connectivity index (χ4n) is 1.84. The second-order valence-electron chi connectivity index (χ2n) is 4.93. The number of thiocarbonyl (C=S) groups is 1. The molecule has 2 aromatic carbocycles. The van der Waals surface area contributed by atoms with Crippen molar-refractivity contribution >= 4 is 51.9 Å². The normalized spacial score (nSPS) is 10.2. The minimum absolute atomic E-state index is 0.453. The maximum Gasteiger partial charge on any atom is 0.175 e. The third-order valence-corrected chi connectivity index (χ3v) is 3.81. The first-order valence-corrected chi connectivity index (χ1v) is 8.51. The fourth-order valence-corrected chi connectivity index (χ4v) is 2.53. The van der Waals surface area contributed by atoms with Crippen LogP contribution in [0.15, 0.2) is 42.5 Å². The first-order chi connectivity index (χ1) is 11.1. The number of ether oxygens (including phenoxy) is 1. The molecular formula is C17H18Cl2N2OS. The van der Waals surface area contributed by atoms with Crippen molar-refractivity contribution in [1.29, 1.82) is 0 Å². The molecule has 0 aliphatic heterocycles. The summed E-state index contributed by atoms with van der Waals surface area (Å²) >= 11 is 17.3. The third-order valence-electron chi connectivity index (χ3n) is 3.06. The van der Waals surface area contributed by atoms with Gasteiger partial charge in [-0.15, -0.1) is 0 Å². The van der Waals surface area contributed by atoms with E-state index in [4.69, 9.17) is 40.2 Å². The summed E-state index contributed by atoms with van der Waals surface area (Å²) < 4.78 is 5.62. The summed E-state index contributed by atoms with van der Waals surface area (Å²) in [5, 5.41) is 7.69. The summed E-state index contributed by atoms with van der Waals surface area (Å²) in [6.45, 7) is 2.87. The highest BCUT2D eigenvalue weighted by Crippen LogP contribution is 2.25. The molecule has 0 amide bonds. The zero-order chi connectivity index (χ0) is 16.7. The predicted molar refractivity (Wildman–Crippen MR) is 103 cm³/mol. The Morgan fingerprint density at radius 1 is 1.09 bits per heavy atom. The molecule has 0 heterocycles. The highest BCUT2D eigenvalue weighted by atomic mass is 35.5. The Morgan fingerprint density at radius 2 is 1.83 bits per heavy atom. The molecule has 0 radical (unpaired) electrons. The van der Waals surface area contributed by atoms with E-state index in [-0.39, 0.29) is 0 Å². The van der Waals surface area contributed by atoms with E-state index in [2.05, 4.69) is 17.6 Å². The Kier molecular flexibility index (Phi) is 6.96. The Hall–Kier alpha value is -1.49. The predicted octanol–water partition coefficient (Wildman–Crippen LogP) is 5.98. The number of unbranched alkanes of at least 4 members (excludes halogenated alkanes) is 1. The van der Waals surface area contributed by atoms with E-state index in [1.165, 1.54) is 0 Å². The van der Waals surface area contributed by atoms with E-state index in [9.17, 15) is 0 Å². The molecule has 0 bridgehead atoms. The molecule has 0 aliphatic rings. The van der Waals surface area contributed by atoms with E-state index < -0.39 is 0 Å². The van der Waals surface area contributed by atoms with Gasteiger partial charge in [-0.25, -0.2) is 0 Å². The van der Waals surface area contributed by atoms with Gasteiger partial charge in [-0.1, -0.05) is 36.5 Å². The lowest BCUT2D eigenvalue weighted by Crippen LogP contribution is -2.19. The monoisotopic (exact) mass is 368 g/mol. The molecule has 0 aliphatic carbocycles. The number of halogens is 2. The minimum Gasteiger partial charge on any atom is -0.494 e. The van der Waals surface area contributed by atoms with Crippen molar-refractivity contribution < 1.29 is 4.74 Å². The average molecular weight is 369 g/mol. The van der Waals surface area contributed by atoms with E-state index in [1.807, 2.05) is 24.3 Å². The van der Waals surface area contributed by atoms with E-state index in [0.717, 1.165) is 30.9 Å². The molecule has 0 aromatic heterocycles. The summed E-state index contributed by atoms with van der Waals surface area (Å²) in [6.07, 6.45) is 2.17. The van der Waals surface area contributed by atoms with Gasteiger partial charge in [0.2, 0.25) is 0 Å². The van der Waals surface area contributed by atoms with Crippen molar-refractivity contribution in [3.05, 3.63) is 52.5 Å². The molecule has 2 N–H and O–H groups in total. The van der Waals surface area contributed by atoms with Crippen LogP contribution in [0.3, 0.4) is 0 Å². The zero-order valence-corrected chi connectivity index (χ0v) is 15.1. The zero-order valence-electron chi connectivity index (χ0n) is 12.7. The second kappa shape index (κ2) is 8.96. The van der Waals surface area contributed by atoms with Crippen molar-refractivity contribution in [1.82, 2.24) is 0 Å². The van der Waals surface area contributed by atoms with Crippen molar-refractivity contribution in [2.45, 2.75) is 19.8 Å². The van der Waals surface area contributed by atoms with Crippen molar-refractivity contribution in [3.63, 3.8) is 0 Å². The number of rotatable bonds is 6. The van der Waals surface area contributed by atoms with Crippen LogP contribution in [-0.2, 0) is 0 Å². The van der Waals surface area contributed by atoms with Gasteiger partial charge < -0.3 is 15.4 Å². The Labute approximate surface area is 151 Å². The highest BCUT2D eigenvalue weighted by Gasteiger charge is 2.04. The van der Waals surface area contributed by atoms with E-state index in [0.29, 0.717) is 20.8 Å². The molecule has 0 spiro atoms. The van der Waals surface area contributed by atoms with Crippen molar-refractivity contribution in [2.75, 3.05) is 17.2 Å². The molecule has 2 rings (SSSR count).